The number of aromatic nitrogens is 6. The predicted octanol–water partition coefficient (Wildman–Crippen LogP) is 12.9. The Morgan fingerprint density at radius 2 is 0.685 bits per heavy atom. The molecular weight excluding hydrogens is 1760 g/mol. The van der Waals surface area contributed by atoms with Crippen LogP contribution in [-0.4, -0.2) is 234 Å². The molecule has 5 atom stereocenters. The molecule has 12 rings (SSSR count). The second kappa shape index (κ2) is 44.2. The lowest BCUT2D eigenvalue weighted by Gasteiger charge is -2.38. The molecular formula is C86H105F18N17O9. The van der Waals surface area contributed by atoms with E-state index in [9.17, 15) is 113 Å². The molecule has 6 fully saturated rings. The topological polar surface area (TPSA) is 305 Å². The number of aryl methyl sites for hydroxylation is 3. The number of piperazine rings is 3. The van der Waals surface area contributed by atoms with Crippen molar-refractivity contribution in [3.8, 4) is 0 Å². The molecule has 6 saturated heterocycles. The van der Waals surface area contributed by atoms with Gasteiger partial charge in [-0.3, -0.25) is 24.0 Å². The number of Topliss-reactive ketones (excluding diaryl/α,β-unsaturated/α-hetero) is 3. The molecule has 714 valence electrons. The van der Waals surface area contributed by atoms with E-state index in [1.54, 1.807) is 56.2 Å². The summed E-state index contributed by atoms with van der Waals surface area (Å²) in [7, 11) is 0. The van der Waals surface area contributed by atoms with E-state index in [0.29, 0.717) is 140 Å². The van der Waals surface area contributed by atoms with Crippen molar-refractivity contribution in [3.05, 3.63) is 142 Å². The standard InChI is InChI=1S/C33H42F6N6O5.C28H34F6N6O3.C25H29F6N5O/c1-31(2,3)50-30(49)40-24(20-46)28(48)44-16-14-43(15-17-44)26-18-27(42-29(41-26)33(37,38)39)45-13-5-7-22(19-45)25(47)8-4-6-21-9-11-23(12-10-21)32(34,35)36;29-27(30,31)20-8-6-18(7-9-20)3-1-5-22(42)19-4-2-10-40(16-19)24-15-23(36-26(37-24)28(32,33)34)38-11-13-39(14-12-38)25(43)21(35)17-41;26-24(27,28)19-8-6-17(7-9-19)3-1-5-20(37)18-4-2-12-36(16-18)22-15-21(35-13-10-32-11-14-35)33-23(34-22)25(29,30)31/h9-12,18,22,24,46H,4-8,13-17,19-20H2,1-3H3,(H,40,49);6-9,15,19,21,41H,1-5,10-14,16-17,35H2;6-9,15,18,32H,1-5,10-14,16H2/t22-,24+;19-,21+;18-/m111/s1. The lowest BCUT2D eigenvalue weighted by Crippen LogP contribution is -2.56. The Balaban J connectivity index is 0.000000205. The molecule has 0 unspecified atom stereocenters. The van der Waals surface area contributed by atoms with E-state index >= 15 is 0 Å². The van der Waals surface area contributed by atoms with E-state index < -0.39 is 132 Å². The summed E-state index contributed by atoms with van der Waals surface area (Å²) in [5, 5.41) is 24.4. The molecule has 130 heavy (non-hydrogen) atoms. The van der Waals surface area contributed by atoms with Crippen LogP contribution in [0, 0.1) is 17.8 Å². The van der Waals surface area contributed by atoms with E-state index in [-0.39, 0.29) is 149 Å². The Hall–Kier alpha value is -10.5. The van der Waals surface area contributed by atoms with Crippen LogP contribution in [0.2, 0.25) is 0 Å². The molecule has 6 aromatic rings. The minimum atomic E-state index is -4.85. The first-order valence-corrected chi connectivity index (χ1v) is 42.8. The molecule has 26 nitrogen and oxygen atoms in total. The van der Waals surface area contributed by atoms with Gasteiger partial charge in [0.05, 0.1) is 29.9 Å². The zero-order valence-corrected chi connectivity index (χ0v) is 71.7. The van der Waals surface area contributed by atoms with Gasteiger partial charge in [0.2, 0.25) is 29.3 Å². The van der Waals surface area contributed by atoms with Crippen molar-refractivity contribution in [2.45, 2.75) is 172 Å². The highest BCUT2D eigenvalue weighted by molar-refractivity contribution is 5.87. The number of halogens is 18. The van der Waals surface area contributed by atoms with Crippen LogP contribution in [0.4, 0.5) is 119 Å². The number of anilines is 6. The SMILES string of the molecule is CC(C)(C)OC(=O)N[C@@H](CO)C(=O)N1CCN(c2cc(N3CCC[C@@H](C(=O)CCCc4ccc(C(F)(F)F)cc4)C3)nc(C(F)(F)F)n2)CC1.N[C@@H](CO)C(=O)N1CCN(c2cc(N3CCC[C@@H](C(=O)CCCc4ccc(C(F)(F)F)cc4)C3)nc(C(F)(F)F)n2)CC1.O=C(CCCc1ccc(C(F)(F)F)cc1)[C@@H]1CCCN(c2cc(N3CCNCC3)nc(C(F)(F)F)n2)C1. The number of piperidine rings is 3. The first kappa shape index (κ1) is 102. The molecule has 0 aliphatic carbocycles. The molecule has 3 aromatic carbocycles. The third-order valence-electron chi connectivity index (χ3n) is 22.9. The van der Waals surface area contributed by atoms with Crippen LogP contribution in [0.3, 0.4) is 0 Å². The van der Waals surface area contributed by atoms with Crippen molar-refractivity contribution >= 4 is 70.2 Å². The van der Waals surface area contributed by atoms with Crippen molar-refractivity contribution in [3.63, 3.8) is 0 Å². The van der Waals surface area contributed by atoms with E-state index in [1.807, 2.05) is 0 Å². The Kier molecular flexibility index (Phi) is 34.5. The maximum Gasteiger partial charge on any atom is 0.451 e. The first-order chi connectivity index (χ1) is 61.1. The van der Waals surface area contributed by atoms with E-state index in [1.165, 1.54) is 58.3 Å². The zero-order chi connectivity index (χ0) is 94.8. The van der Waals surface area contributed by atoms with E-state index in [4.69, 9.17) is 15.6 Å². The monoisotopic (exact) mass is 1860 g/mol. The molecule has 6 N–H and O–H groups in total. The minimum Gasteiger partial charge on any atom is -0.444 e. The van der Waals surface area contributed by atoms with Gasteiger partial charge in [-0.05, 0) is 151 Å². The summed E-state index contributed by atoms with van der Waals surface area (Å²) in [6, 6.07) is 16.6. The number of rotatable bonds is 26. The highest BCUT2D eigenvalue weighted by Gasteiger charge is 2.43. The number of hydrogen-bond donors (Lipinski definition) is 5. The number of ketones is 3. The van der Waals surface area contributed by atoms with Gasteiger partial charge in [-0.25, -0.2) is 34.7 Å². The number of carbonyl (C=O) groups is 6. The molecule has 3 amide bonds. The summed E-state index contributed by atoms with van der Waals surface area (Å²) >= 11 is 0. The molecule has 44 heteroatoms. The number of hydrogen-bond acceptors (Lipinski definition) is 23. The fraction of sp³-hybridized carbons (Fsp3) is 0.581. The average molecular weight is 1860 g/mol. The number of nitrogens with one attached hydrogen (secondary N) is 2. The van der Waals surface area contributed by atoms with E-state index in [0.717, 1.165) is 36.4 Å². The van der Waals surface area contributed by atoms with Crippen molar-refractivity contribution in [1.29, 1.82) is 0 Å². The maximum atomic E-state index is 14.0. The van der Waals surface area contributed by atoms with Crippen LogP contribution in [0.1, 0.15) is 149 Å². The summed E-state index contributed by atoms with van der Waals surface area (Å²) in [4.78, 5) is 112. The van der Waals surface area contributed by atoms with Crippen molar-refractivity contribution in [1.82, 2.24) is 50.3 Å². The number of aliphatic hydroxyl groups is 2. The minimum absolute atomic E-state index is 0.00374. The van der Waals surface area contributed by atoms with Gasteiger partial charge in [0, 0.05) is 173 Å². The zero-order valence-electron chi connectivity index (χ0n) is 71.7. The number of nitrogens with two attached hydrogens (primary N) is 1. The molecule has 0 saturated carbocycles. The van der Waals surface area contributed by atoms with Gasteiger partial charge in [0.1, 0.15) is 69.9 Å². The molecule has 6 aliphatic heterocycles. The van der Waals surface area contributed by atoms with Crippen LogP contribution in [0.5, 0.6) is 0 Å². The summed E-state index contributed by atoms with van der Waals surface area (Å²) in [5.74, 6) is -5.64. The number of alkyl carbamates (subject to hydrolysis) is 1. The number of carbonyl (C=O) groups excluding carboxylic acids is 6. The van der Waals surface area contributed by atoms with Crippen LogP contribution in [-0.2, 0) is 85.0 Å². The number of benzene rings is 3. The molecule has 6 aliphatic rings. The Labute approximate surface area is 738 Å². The van der Waals surface area contributed by atoms with Gasteiger partial charge in [0.25, 0.3) is 0 Å². The van der Waals surface area contributed by atoms with Gasteiger partial charge in [-0.15, -0.1) is 0 Å². The van der Waals surface area contributed by atoms with Crippen molar-refractivity contribution in [2.75, 3.05) is 160 Å². The fourth-order valence-corrected chi connectivity index (χ4v) is 15.9. The number of amides is 3. The fourth-order valence-electron chi connectivity index (χ4n) is 15.9. The number of ether oxygens (including phenoxy) is 1. The summed E-state index contributed by atoms with van der Waals surface area (Å²) in [6.45, 7) is 9.19. The van der Waals surface area contributed by atoms with Crippen LogP contribution >= 0.6 is 0 Å². The molecule has 0 spiro atoms. The van der Waals surface area contributed by atoms with Gasteiger partial charge in [-0.1, -0.05) is 36.4 Å². The third kappa shape index (κ3) is 29.5. The quantitative estimate of drug-likeness (QED) is 0.0315. The van der Waals surface area contributed by atoms with Gasteiger partial charge >= 0.3 is 43.2 Å². The van der Waals surface area contributed by atoms with Gasteiger partial charge < -0.3 is 70.5 Å². The molecule has 3 aromatic heterocycles. The second-order valence-corrected chi connectivity index (χ2v) is 33.6. The lowest BCUT2D eigenvalue weighted by molar-refractivity contribution is -0.145. The third-order valence-corrected chi connectivity index (χ3v) is 22.9. The first-order valence-electron chi connectivity index (χ1n) is 42.8. The van der Waals surface area contributed by atoms with Gasteiger partial charge in [-0.2, -0.15) is 79.0 Å². The van der Waals surface area contributed by atoms with Crippen LogP contribution in [0.25, 0.3) is 0 Å². The molecule has 0 radical (unpaired) electrons. The van der Waals surface area contributed by atoms with Crippen molar-refractivity contribution < 1.29 is 123 Å². The Morgan fingerprint density at radius 1 is 0.400 bits per heavy atom. The largest absolute Gasteiger partial charge is 0.451 e. The Morgan fingerprint density at radius 3 is 0.954 bits per heavy atom. The molecule has 0 bridgehead atoms. The summed E-state index contributed by atoms with van der Waals surface area (Å²) < 4.78 is 244. The average Bonchev–Trinajstić information content (AvgIpc) is 0.799. The normalized spacial score (nSPS) is 18.7. The maximum absolute atomic E-state index is 14.0. The number of aliphatic hydroxyl groups excluding tert-OH is 2. The summed E-state index contributed by atoms with van der Waals surface area (Å²) in [5.41, 5.74) is 4.64. The summed E-state index contributed by atoms with van der Waals surface area (Å²) in [6.07, 6.45) is -21.7. The molecule has 9 heterocycles. The van der Waals surface area contributed by atoms with Crippen molar-refractivity contribution in [2.24, 2.45) is 23.5 Å². The highest BCUT2D eigenvalue weighted by atomic mass is 19.4. The highest BCUT2D eigenvalue weighted by Crippen LogP contribution is 2.39. The smallest absolute Gasteiger partial charge is 0.444 e. The predicted molar refractivity (Wildman–Crippen MR) is 442 cm³/mol. The van der Waals surface area contributed by atoms with Gasteiger partial charge in [0.15, 0.2) is 0 Å². The van der Waals surface area contributed by atoms with E-state index in [2.05, 4.69) is 40.5 Å². The van der Waals surface area contributed by atoms with Crippen LogP contribution in [0.15, 0.2) is 91.0 Å². The number of alkyl halides is 18. The number of nitrogens with zero attached hydrogens (tertiary/aromatic N) is 14. The van der Waals surface area contributed by atoms with Crippen LogP contribution < -0.4 is 45.8 Å². The second-order valence-electron chi connectivity index (χ2n) is 33.6. The lowest BCUT2D eigenvalue weighted by atomic mass is 9.90. The Bertz CT molecular complexity index is 4750.